The molecule has 116 valence electrons. The van der Waals surface area contributed by atoms with Crippen molar-refractivity contribution in [2.45, 2.75) is 39.4 Å². The molecule has 0 saturated carbocycles. The molecule has 6 heteroatoms. The van der Waals surface area contributed by atoms with Gasteiger partial charge in [0.25, 0.3) is 5.91 Å². The van der Waals surface area contributed by atoms with Crippen molar-refractivity contribution in [3.63, 3.8) is 0 Å². The van der Waals surface area contributed by atoms with Crippen molar-refractivity contribution in [3.05, 3.63) is 17.3 Å². The van der Waals surface area contributed by atoms with Gasteiger partial charge in [0, 0.05) is 25.9 Å². The number of carbonyl (C=O) groups is 1. The van der Waals surface area contributed by atoms with Crippen LogP contribution >= 0.6 is 0 Å². The van der Waals surface area contributed by atoms with Crippen LogP contribution in [-0.4, -0.2) is 47.9 Å². The maximum atomic E-state index is 12.6. The number of hydrogen-bond donors (Lipinski definition) is 0. The van der Waals surface area contributed by atoms with E-state index in [1.54, 1.807) is 13.8 Å². The first kappa shape index (κ1) is 14.5. The lowest BCUT2D eigenvalue weighted by Gasteiger charge is -2.39. The van der Waals surface area contributed by atoms with Crippen LogP contribution in [0, 0.1) is 19.8 Å². The number of hydrogen-bond acceptors (Lipinski definition) is 5. The standard InChI is InChI=1S/C15H22N2O4/c1-10-13(21-11(2)16-10)14(18)17-6-4-5-12(9-17)15(3)19-7-8-20-15/h12H,4-9H2,1-3H3/t12-/m1/s1. The zero-order valence-electron chi connectivity index (χ0n) is 12.8. The molecule has 1 atom stereocenters. The van der Waals surface area contributed by atoms with Crippen LogP contribution in [0.2, 0.25) is 0 Å². The van der Waals surface area contributed by atoms with Gasteiger partial charge in [0.05, 0.1) is 18.9 Å². The third kappa shape index (κ3) is 2.70. The lowest BCUT2D eigenvalue weighted by Crippen LogP contribution is -2.48. The molecule has 0 aliphatic carbocycles. The maximum Gasteiger partial charge on any atom is 0.291 e. The molecule has 0 spiro atoms. The Balaban J connectivity index is 1.74. The average Bonchev–Trinajstić information content (AvgIpc) is 3.05. The van der Waals surface area contributed by atoms with E-state index >= 15 is 0 Å². The summed E-state index contributed by atoms with van der Waals surface area (Å²) in [4.78, 5) is 18.6. The number of rotatable bonds is 2. The van der Waals surface area contributed by atoms with Gasteiger partial charge in [-0.1, -0.05) is 0 Å². The minimum absolute atomic E-state index is 0.0839. The number of oxazole rings is 1. The molecule has 0 bridgehead atoms. The molecule has 3 heterocycles. The van der Waals surface area contributed by atoms with Gasteiger partial charge in [0.2, 0.25) is 5.76 Å². The fourth-order valence-electron chi connectivity index (χ4n) is 3.23. The lowest BCUT2D eigenvalue weighted by molar-refractivity contribution is -0.189. The summed E-state index contributed by atoms with van der Waals surface area (Å²) in [5.41, 5.74) is 0.652. The lowest BCUT2D eigenvalue weighted by atomic mass is 9.90. The van der Waals surface area contributed by atoms with E-state index in [4.69, 9.17) is 13.9 Å². The molecule has 3 rings (SSSR count). The van der Waals surface area contributed by atoms with Crippen LogP contribution in [-0.2, 0) is 9.47 Å². The van der Waals surface area contributed by atoms with E-state index in [0.717, 1.165) is 19.4 Å². The van der Waals surface area contributed by atoms with Gasteiger partial charge >= 0.3 is 0 Å². The number of nitrogens with zero attached hydrogens (tertiary/aromatic N) is 2. The quantitative estimate of drug-likeness (QED) is 0.833. The van der Waals surface area contributed by atoms with Crippen molar-refractivity contribution in [2.24, 2.45) is 5.92 Å². The minimum atomic E-state index is -0.564. The average molecular weight is 294 g/mol. The number of piperidine rings is 1. The van der Waals surface area contributed by atoms with Crippen LogP contribution in [0.4, 0.5) is 0 Å². The molecule has 2 fully saturated rings. The Labute approximate surface area is 124 Å². The first-order valence-electron chi connectivity index (χ1n) is 7.51. The monoisotopic (exact) mass is 294 g/mol. The summed E-state index contributed by atoms with van der Waals surface area (Å²) in [7, 11) is 0. The molecule has 2 aliphatic rings. The van der Waals surface area contributed by atoms with Gasteiger partial charge in [-0.2, -0.15) is 0 Å². The molecule has 1 aromatic rings. The highest BCUT2D eigenvalue weighted by Crippen LogP contribution is 2.34. The van der Waals surface area contributed by atoms with Crippen LogP contribution in [0.25, 0.3) is 0 Å². The zero-order valence-corrected chi connectivity index (χ0v) is 12.8. The fourth-order valence-corrected chi connectivity index (χ4v) is 3.23. The maximum absolute atomic E-state index is 12.6. The predicted octanol–water partition coefficient (Wildman–Crippen LogP) is 1.91. The molecule has 2 aliphatic heterocycles. The van der Waals surface area contributed by atoms with E-state index in [1.165, 1.54) is 0 Å². The predicted molar refractivity (Wildman–Crippen MR) is 74.9 cm³/mol. The topological polar surface area (TPSA) is 64.8 Å². The number of aryl methyl sites for hydroxylation is 2. The SMILES string of the molecule is Cc1nc(C)c(C(=O)N2CCC[C@@H](C3(C)OCCO3)C2)o1. The van der Waals surface area contributed by atoms with E-state index in [0.29, 0.717) is 37.1 Å². The van der Waals surface area contributed by atoms with E-state index in [9.17, 15) is 4.79 Å². The summed E-state index contributed by atoms with van der Waals surface area (Å²) in [5.74, 6) is 0.428. The van der Waals surface area contributed by atoms with Crippen molar-refractivity contribution in [1.82, 2.24) is 9.88 Å². The largest absolute Gasteiger partial charge is 0.436 e. The minimum Gasteiger partial charge on any atom is -0.436 e. The van der Waals surface area contributed by atoms with Crippen LogP contribution < -0.4 is 0 Å². The highest BCUT2D eigenvalue weighted by atomic mass is 16.7. The Morgan fingerprint density at radius 1 is 1.33 bits per heavy atom. The third-order valence-electron chi connectivity index (χ3n) is 4.41. The molecule has 0 N–H and O–H groups in total. The summed E-state index contributed by atoms with van der Waals surface area (Å²) < 4.78 is 16.9. The number of carbonyl (C=O) groups excluding carboxylic acids is 1. The van der Waals surface area contributed by atoms with Gasteiger partial charge in [0.1, 0.15) is 0 Å². The molecule has 0 radical (unpaired) electrons. The van der Waals surface area contributed by atoms with Crippen molar-refractivity contribution < 1.29 is 18.7 Å². The summed E-state index contributed by atoms with van der Waals surface area (Å²) in [6.45, 7) is 8.16. The van der Waals surface area contributed by atoms with E-state index in [2.05, 4.69) is 4.98 Å². The van der Waals surface area contributed by atoms with Crippen LogP contribution in [0.1, 0.15) is 41.9 Å². The van der Waals surface area contributed by atoms with Gasteiger partial charge in [-0.3, -0.25) is 4.79 Å². The third-order valence-corrected chi connectivity index (χ3v) is 4.41. The van der Waals surface area contributed by atoms with E-state index < -0.39 is 5.79 Å². The number of likely N-dealkylation sites (tertiary alicyclic amines) is 1. The smallest absolute Gasteiger partial charge is 0.291 e. The second-order valence-electron chi connectivity index (χ2n) is 5.95. The molecule has 2 saturated heterocycles. The Hall–Kier alpha value is -1.40. The van der Waals surface area contributed by atoms with Gasteiger partial charge in [-0.25, -0.2) is 4.98 Å². The molecular weight excluding hydrogens is 272 g/mol. The highest BCUT2D eigenvalue weighted by Gasteiger charge is 2.43. The number of aromatic nitrogens is 1. The second-order valence-corrected chi connectivity index (χ2v) is 5.95. The highest BCUT2D eigenvalue weighted by molar-refractivity contribution is 5.92. The van der Waals surface area contributed by atoms with Crippen LogP contribution in [0.5, 0.6) is 0 Å². The van der Waals surface area contributed by atoms with E-state index in [1.807, 2.05) is 11.8 Å². The second kappa shape index (κ2) is 5.42. The molecule has 1 aromatic heterocycles. The van der Waals surface area contributed by atoms with Crippen LogP contribution in [0.15, 0.2) is 4.42 Å². The van der Waals surface area contributed by atoms with Gasteiger partial charge in [-0.15, -0.1) is 0 Å². The van der Waals surface area contributed by atoms with Crippen LogP contribution in [0.3, 0.4) is 0 Å². The Morgan fingerprint density at radius 2 is 2.05 bits per heavy atom. The van der Waals surface area contributed by atoms with Crippen molar-refractivity contribution in [1.29, 1.82) is 0 Å². The number of amides is 1. The fraction of sp³-hybridized carbons (Fsp3) is 0.733. The normalized spacial score (nSPS) is 25.3. The summed E-state index contributed by atoms with van der Waals surface area (Å²) in [6.07, 6.45) is 1.96. The first-order chi connectivity index (χ1) is 9.99. The Kier molecular flexibility index (Phi) is 3.75. The van der Waals surface area contributed by atoms with Gasteiger partial charge < -0.3 is 18.8 Å². The van der Waals surface area contributed by atoms with E-state index in [-0.39, 0.29) is 11.8 Å². The summed E-state index contributed by atoms with van der Waals surface area (Å²) >= 11 is 0. The van der Waals surface area contributed by atoms with Gasteiger partial charge in [0.15, 0.2) is 11.7 Å². The van der Waals surface area contributed by atoms with Crippen molar-refractivity contribution in [3.8, 4) is 0 Å². The number of ether oxygens (including phenoxy) is 2. The summed E-state index contributed by atoms with van der Waals surface area (Å²) in [6, 6.07) is 0. The molecule has 1 amide bonds. The summed E-state index contributed by atoms with van der Waals surface area (Å²) in [5, 5.41) is 0. The Morgan fingerprint density at radius 3 is 2.67 bits per heavy atom. The zero-order chi connectivity index (χ0) is 15.0. The first-order valence-corrected chi connectivity index (χ1v) is 7.51. The molecule has 21 heavy (non-hydrogen) atoms. The molecule has 6 nitrogen and oxygen atoms in total. The van der Waals surface area contributed by atoms with Gasteiger partial charge in [-0.05, 0) is 26.7 Å². The molecule has 0 aromatic carbocycles. The molecular formula is C15H22N2O4. The van der Waals surface area contributed by atoms with Crippen molar-refractivity contribution in [2.75, 3.05) is 26.3 Å². The molecule has 0 unspecified atom stereocenters. The van der Waals surface area contributed by atoms with Crippen molar-refractivity contribution >= 4 is 5.91 Å². The Bertz CT molecular complexity index is 534.